The highest BCUT2D eigenvalue weighted by Gasteiger charge is 2.37. The lowest BCUT2D eigenvalue weighted by molar-refractivity contribution is -0.133. The van der Waals surface area contributed by atoms with Crippen molar-refractivity contribution in [3.05, 3.63) is 65.7 Å². The summed E-state index contributed by atoms with van der Waals surface area (Å²) in [6, 6.07) is 16.7. The van der Waals surface area contributed by atoms with Crippen molar-refractivity contribution in [3.8, 4) is 0 Å². The topological polar surface area (TPSA) is 57.6 Å². The molecule has 1 heterocycles. The highest BCUT2D eigenvalue weighted by molar-refractivity contribution is 8.00. The molecule has 1 aliphatic heterocycles. The molecule has 0 saturated carbocycles. The summed E-state index contributed by atoms with van der Waals surface area (Å²) in [6.45, 7) is 0. The summed E-state index contributed by atoms with van der Waals surface area (Å²) in [5.41, 5.74) is 2.29. The van der Waals surface area contributed by atoms with E-state index in [9.17, 15) is 9.59 Å². The maximum absolute atomic E-state index is 12.6. The Balaban J connectivity index is 2.02. The van der Waals surface area contributed by atoms with E-state index in [0.29, 0.717) is 5.56 Å². The average Bonchev–Trinajstić information content (AvgIpc) is 2.79. The molecule has 21 heavy (non-hydrogen) atoms. The van der Waals surface area contributed by atoms with Gasteiger partial charge >= 0.3 is 5.97 Å². The van der Waals surface area contributed by atoms with Gasteiger partial charge in [0.05, 0.1) is 5.75 Å². The van der Waals surface area contributed by atoms with Crippen LogP contribution in [0.3, 0.4) is 0 Å². The van der Waals surface area contributed by atoms with Crippen molar-refractivity contribution in [1.82, 2.24) is 0 Å². The fourth-order valence-corrected chi connectivity index (χ4v) is 3.49. The van der Waals surface area contributed by atoms with Crippen LogP contribution in [0, 0.1) is 0 Å². The summed E-state index contributed by atoms with van der Waals surface area (Å²) in [4.78, 5) is 25.2. The van der Waals surface area contributed by atoms with Gasteiger partial charge < -0.3 is 5.11 Å². The molecule has 1 atom stereocenters. The van der Waals surface area contributed by atoms with Gasteiger partial charge in [0.15, 0.2) is 0 Å². The fraction of sp³-hybridized carbons (Fsp3) is 0.125. The van der Waals surface area contributed by atoms with Crippen LogP contribution in [0.1, 0.15) is 21.3 Å². The summed E-state index contributed by atoms with van der Waals surface area (Å²) in [7, 11) is 0. The van der Waals surface area contributed by atoms with Crippen LogP contribution in [0.2, 0.25) is 0 Å². The van der Waals surface area contributed by atoms with Gasteiger partial charge in [0.25, 0.3) is 5.91 Å². The van der Waals surface area contributed by atoms with Crippen LogP contribution >= 0.6 is 11.8 Å². The molecule has 5 heteroatoms. The number of nitrogens with zero attached hydrogens (tertiary/aromatic N) is 1. The van der Waals surface area contributed by atoms with Gasteiger partial charge in [-0.3, -0.25) is 14.5 Å². The van der Waals surface area contributed by atoms with E-state index in [4.69, 9.17) is 5.11 Å². The predicted molar refractivity (Wildman–Crippen MR) is 82.5 cm³/mol. The van der Waals surface area contributed by atoms with Crippen LogP contribution < -0.4 is 4.90 Å². The molecule has 1 N–H and O–H groups in total. The molecular formula is C16H13NO3S. The van der Waals surface area contributed by atoms with Gasteiger partial charge in [-0.2, -0.15) is 0 Å². The van der Waals surface area contributed by atoms with Gasteiger partial charge in [0.1, 0.15) is 5.37 Å². The molecule has 0 fully saturated rings. The Kier molecular flexibility index (Phi) is 3.66. The van der Waals surface area contributed by atoms with Crippen molar-refractivity contribution >= 4 is 29.3 Å². The SMILES string of the molecule is O=C(O)CS[C@@H]1c2ccccc2C(=O)N1c1ccccc1. The van der Waals surface area contributed by atoms with E-state index < -0.39 is 5.97 Å². The Hall–Kier alpha value is -2.27. The Labute approximate surface area is 126 Å². The van der Waals surface area contributed by atoms with Crippen molar-refractivity contribution < 1.29 is 14.7 Å². The van der Waals surface area contributed by atoms with Crippen LogP contribution in [0.5, 0.6) is 0 Å². The van der Waals surface area contributed by atoms with Gasteiger partial charge in [-0.05, 0) is 23.8 Å². The third kappa shape index (κ3) is 2.52. The highest BCUT2D eigenvalue weighted by atomic mass is 32.2. The van der Waals surface area contributed by atoms with Crippen molar-refractivity contribution in [2.75, 3.05) is 10.7 Å². The molecule has 106 valence electrons. The number of anilines is 1. The summed E-state index contributed by atoms with van der Waals surface area (Å²) in [5, 5.41) is 8.62. The predicted octanol–water partition coefficient (Wildman–Crippen LogP) is 3.16. The number of amides is 1. The third-order valence-electron chi connectivity index (χ3n) is 3.31. The first-order chi connectivity index (χ1) is 10.2. The maximum Gasteiger partial charge on any atom is 0.313 e. The number of para-hydroxylation sites is 1. The molecule has 1 aliphatic rings. The van der Waals surface area contributed by atoms with Gasteiger partial charge in [0, 0.05) is 11.3 Å². The number of aliphatic carboxylic acids is 1. The second kappa shape index (κ2) is 5.61. The number of hydrogen-bond acceptors (Lipinski definition) is 3. The zero-order chi connectivity index (χ0) is 14.8. The Bertz CT molecular complexity index is 687. The zero-order valence-corrected chi connectivity index (χ0v) is 11.9. The minimum absolute atomic E-state index is 0.0460. The number of hydrogen-bond donors (Lipinski definition) is 1. The summed E-state index contributed by atoms with van der Waals surface area (Å²) in [6.07, 6.45) is 0. The van der Waals surface area contributed by atoms with Crippen LogP contribution in [-0.2, 0) is 4.79 Å². The molecule has 4 nitrogen and oxygen atoms in total. The molecule has 0 unspecified atom stereocenters. The number of benzene rings is 2. The largest absolute Gasteiger partial charge is 0.481 e. The minimum atomic E-state index is -0.884. The van der Waals surface area contributed by atoms with E-state index in [1.807, 2.05) is 48.5 Å². The Morgan fingerprint density at radius 1 is 1.10 bits per heavy atom. The van der Waals surface area contributed by atoms with Gasteiger partial charge in [-0.1, -0.05) is 36.4 Å². The maximum atomic E-state index is 12.6. The molecule has 0 spiro atoms. The molecule has 0 bridgehead atoms. The van der Waals surface area contributed by atoms with E-state index in [1.165, 1.54) is 11.8 Å². The fourth-order valence-electron chi connectivity index (χ4n) is 2.44. The number of carboxylic acids is 1. The number of fused-ring (bicyclic) bond motifs is 1. The van der Waals surface area contributed by atoms with E-state index in [-0.39, 0.29) is 17.0 Å². The molecular weight excluding hydrogens is 286 g/mol. The molecule has 0 radical (unpaired) electrons. The number of carbonyl (C=O) groups excluding carboxylic acids is 1. The van der Waals surface area contributed by atoms with Gasteiger partial charge in [0.2, 0.25) is 0 Å². The van der Waals surface area contributed by atoms with Crippen LogP contribution in [0.15, 0.2) is 54.6 Å². The van der Waals surface area contributed by atoms with E-state index in [1.54, 1.807) is 11.0 Å². The Morgan fingerprint density at radius 3 is 2.48 bits per heavy atom. The number of thioether (sulfide) groups is 1. The smallest absolute Gasteiger partial charge is 0.313 e. The van der Waals surface area contributed by atoms with Crippen LogP contribution in [0.4, 0.5) is 5.69 Å². The second-order valence-electron chi connectivity index (χ2n) is 4.66. The lowest BCUT2D eigenvalue weighted by Crippen LogP contribution is -2.26. The lowest BCUT2D eigenvalue weighted by atomic mass is 10.1. The van der Waals surface area contributed by atoms with Gasteiger partial charge in [-0.25, -0.2) is 0 Å². The molecule has 3 rings (SSSR count). The van der Waals surface area contributed by atoms with Crippen LogP contribution in [-0.4, -0.2) is 22.7 Å². The number of carboxylic acid groups (broad SMARTS) is 1. The quantitative estimate of drug-likeness (QED) is 0.942. The van der Waals surface area contributed by atoms with Crippen molar-refractivity contribution in [3.63, 3.8) is 0 Å². The number of rotatable bonds is 4. The molecule has 2 aromatic carbocycles. The summed E-state index contributed by atoms with van der Waals surface area (Å²) < 4.78 is 0. The average molecular weight is 299 g/mol. The van der Waals surface area contributed by atoms with E-state index >= 15 is 0 Å². The molecule has 0 aliphatic carbocycles. The lowest BCUT2D eigenvalue weighted by Gasteiger charge is -2.24. The van der Waals surface area contributed by atoms with E-state index in [0.717, 1.165) is 11.3 Å². The first kappa shape index (κ1) is 13.7. The molecule has 0 saturated heterocycles. The second-order valence-corrected chi connectivity index (χ2v) is 5.72. The monoisotopic (exact) mass is 299 g/mol. The summed E-state index contributed by atoms with van der Waals surface area (Å²) >= 11 is 1.25. The first-order valence-corrected chi connectivity index (χ1v) is 7.54. The van der Waals surface area contributed by atoms with Gasteiger partial charge in [-0.15, -0.1) is 11.8 Å². The van der Waals surface area contributed by atoms with E-state index in [2.05, 4.69) is 0 Å². The molecule has 2 aromatic rings. The number of carbonyl (C=O) groups is 2. The van der Waals surface area contributed by atoms with Crippen LogP contribution in [0.25, 0.3) is 0 Å². The molecule has 0 aromatic heterocycles. The zero-order valence-electron chi connectivity index (χ0n) is 11.1. The third-order valence-corrected chi connectivity index (χ3v) is 4.50. The Morgan fingerprint density at radius 2 is 1.76 bits per heavy atom. The molecule has 1 amide bonds. The van der Waals surface area contributed by atoms with Crippen molar-refractivity contribution in [2.45, 2.75) is 5.37 Å². The normalized spacial score (nSPS) is 16.9. The first-order valence-electron chi connectivity index (χ1n) is 6.49. The van der Waals surface area contributed by atoms with Crippen molar-refractivity contribution in [2.24, 2.45) is 0 Å². The highest BCUT2D eigenvalue weighted by Crippen LogP contribution is 2.43. The summed E-state index contributed by atoms with van der Waals surface area (Å²) in [5.74, 6) is -1.01. The standard InChI is InChI=1S/C16H13NO3S/c18-14(19)10-21-16-13-9-5-4-8-12(13)15(20)17(16)11-6-2-1-3-7-11/h1-9,16H,10H2,(H,18,19)/t16-/m1/s1. The van der Waals surface area contributed by atoms with Crippen molar-refractivity contribution in [1.29, 1.82) is 0 Å². The minimum Gasteiger partial charge on any atom is -0.481 e.